The van der Waals surface area contributed by atoms with Crippen LogP contribution in [0.1, 0.15) is 29.8 Å². The quantitative estimate of drug-likeness (QED) is 0.923. The molecule has 1 atom stereocenters. The molecule has 0 saturated carbocycles. The molecule has 7 heteroatoms. The largest absolute Gasteiger partial charge is 0.417 e. The molecule has 0 spiro atoms. The molecule has 1 unspecified atom stereocenters. The van der Waals surface area contributed by atoms with Gasteiger partial charge in [-0.05, 0) is 25.1 Å². The molecular formula is C13H10F3N3S. The molecule has 1 aromatic heterocycles. The predicted molar refractivity (Wildman–Crippen MR) is 70.3 cm³/mol. The monoisotopic (exact) mass is 297 g/mol. The number of thiazole rings is 1. The Balaban J connectivity index is 2.28. The number of nitrogens with zero attached hydrogens (tertiary/aromatic N) is 2. The van der Waals surface area contributed by atoms with Gasteiger partial charge in [0.15, 0.2) is 0 Å². The number of anilines is 1. The second-order valence-corrected chi connectivity index (χ2v) is 4.87. The fraction of sp³-hybridized carbons (Fsp3) is 0.231. The highest BCUT2D eigenvalue weighted by molar-refractivity contribution is 7.07. The SMILES string of the molecule is CC(Nc1ccc(C#N)c(C(F)(F)F)c1)c1cscn1. The molecule has 1 heterocycles. The van der Waals surface area contributed by atoms with E-state index in [1.54, 1.807) is 18.5 Å². The van der Waals surface area contributed by atoms with Gasteiger partial charge in [-0.25, -0.2) is 4.98 Å². The van der Waals surface area contributed by atoms with Crippen LogP contribution in [-0.2, 0) is 6.18 Å². The number of benzene rings is 1. The lowest BCUT2D eigenvalue weighted by molar-refractivity contribution is -0.137. The van der Waals surface area contributed by atoms with E-state index in [9.17, 15) is 13.2 Å². The lowest BCUT2D eigenvalue weighted by Crippen LogP contribution is -2.11. The zero-order valence-electron chi connectivity index (χ0n) is 10.4. The molecule has 0 aliphatic heterocycles. The summed E-state index contributed by atoms with van der Waals surface area (Å²) in [6.07, 6.45) is -4.55. The zero-order chi connectivity index (χ0) is 14.8. The molecule has 104 valence electrons. The molecule has 2 aromatic rings. The predicted octanol–water partition coefficient (Wildman–Crippen LogP) is 4.21. The summed E-state index contributed by atoms with van der Waals surface area (Å²) < 4.78 is 38.5. The summed E-state index contributed by atoms with van der Waals surface area (Å²) in [5.41, 5.74) is 1.40. The van der Waals surface area contributed by atoms with Gasteiger partial charge in [-0.1, -0.05) is 0 Å². The highest BCUT2D eigenvalue weighted by Gasteiger charge is 2.33. The molecule has 2 rings (SSSR count). The zero-order valence-corrected chi connectivity index (χ0v) is 11.2. The maximum Gasteiger partial charge on any atom is 0.417 e. The third kappa shape index (κ3) is 3.08. The number of hydrogen-bond donors (Lipinski definition) is 1. The van der Waals surface area contributed by atoms with Crippen molar-refractivity contribution in [2.75, 3.05) is 5.32 Å². The molecule has 0 radical (unpaired) electrons. The van der Waals surface area contributed by atoms with Gasteiger partial charge in [-0.3, -0.25) is 0 Å². The molecule has 0 fully saturated rings. The van der Waals surface area contributed by atoms with Gasteiger partial charge in [0.2, 0.25) is 0 Å². The minimum absolute atomic E-state index is 0.213. The van der Waals surface area contributed by atoms with Gasteiger partial charge in [0.05, 0.1) is 34.4 Å². The van der Waals surface area contributed by atoms with Crippen molar-refractivity contribution >= 4 is 17.0 Å². The summed E-state index contributed by atoms with van der Waals surface area (Å²) in [4.78, 5) is 4.10. The van der Waals surface area contributed by atoms with Crippen LogP contribution in [0.15, 0.2) is 29.1 Å². The highest BCUT2D eigenvalue weighted by Crippen LogP contribution is 2.34. The number of nitrogens with one attached hydrogen (secondary N) is 1. The number of nitriles is 1. The molecule has 0 aliphatic rings. The van der Waals surface area contributed by atoms with Crippen LogP contribution in [0.3, 0.4) is 0 Å². The average Bonchev–Trinajstić information content (AvgIpc) is 2.91. The number of halogens is 3. The summed E-state index contributed by atoms with van der Waals surface area (Å²) in [7, 11) is 0. The Hall–Kier alpha value is -2.07. The maximum atomic E-state index is 12.8. The van der Waals surface area contributed by atoms with Crippen LogP contribution < -0.4 is 5.32 Å². The van der Waals surface area contributed by atoms with Crippen molar-refractivity contribution in [2.45, 2.75) is 19.1 Å². The van der Waals surface area contributed by atoms with Crippen LogP contribution >= 0.6 is 11.3 Å². The van der Waals surface area contributed by atoms with Crippen LogP contribution in [0.4, 0.5) is 18.9 Å². The third-order valence-electron chi connectivity index (χ3n) is 2.72. The third-order valence-corrected chi connectivity index (χ3v) is 3.33. The van der Waals surface area contributed by atoms with Gasteiger partial charge in [-0.2, -0.15) is 18.4 Å². The molecular weight excluding hydrogens is 287 g/mol. The van der Waals surface area contributed by atoms with Gasteiger partial charge >= 0.3 is 6.18 Å². The van der Waals surface area contributed by atoms with Crippen LogP contribution in [0.5, 0.6) is 0 Å². The number of alkyl halides is 3. The van der Waals surface area contributed by atoms with E-state index in [1.807, 2.05) is 5.38 Å². The smallest absolute Gasteiger partial charge is 0.377 e. The first kappa shape index (κ1) is 14.3. The Morgan fingerprint density at radius 1 is 1.40 bits per heavy atom. The second kappa shape index (κ2) is 5.51. The summed E-state index contributed by atoms with van der Waals surface area (Å²) in [6.45, 7) is 1.81. The summed E-state index contributed by atoms with van der Waals surface area (Å²) in [5.74, 6) is 0. The van der Waals surface area contributed by atoms with E-state index >= 15 is 0 Å². The van der Waals surface area contributed by atoms with E-state index in [1.165, 1.54) is 23.5 Å². The molecule has 1 aromatic carbocycles. The molecule has 20 heavy (non-hydrogen) atoms. The Morgan fingerprint density at radius 3 is 2.70 bits per heavy atom. The molecule has 0 saturated heterocycles. The highest BCUT2D eigenvalue weighted by atomic mass is 32.1. The first-order valence-electron chi connectivity index (χ1n) is 5.68. The minimum Gasteiger partial charge on any atom is -0.377 e. The Bertz CT molecular complexity index is 629. The molecule has 3 nitrogen and oxygen atoms in total. The van der Waals surface area contributed by atoms with E-state index in [0.29, 0.717) is 5.69 Å². The summed E-state index contributed by atoms with van der Waals surface area (Å²) in [6, 6.07) is 4.91. The number of hydrogen-bond acceptors (Lipinski definition) is 4. The van der Waals surface area contributed by atoms with Gasteiger partial charge in [-0.15, -0.1) is 11.3 Å². The molecule has 0 amide bonds. The second-order valence-electron chi connectivity index (χ2n) is 4.15. The van der Waals surface area contributed by atoms with Crippen molar-refractivity contribution in [1.82, 2.24) is 4.98 Å². The van der Waals surface area contributed by atoms with Gasteiger partial charge < -0.3 is 5.32 Å². The number of rotatable bonds is 3. The van der Waals surface area contributed by atoms with Crippen molar-refractivity contribution in [3.63, 3.8) is 0 Å². The number of aromatic nitrogens is 1. The van der Waals surface area contributed by atoms with Crippen molar-refractivity contribution in [1.29, 1.82) is 5.26 Å². The molecule has 0 bridgehead atoms. The van der Waals surface area contributed by atoms with Gasteiger partial charge in [0.25, 0.3) is 0 Å². The molecule has 1 N–H and O–H groups in total. The Labute approximate surface area is 117 Å². The summed E-state index contributed by atoms with van der Waals surface area (Å²) in [5, 5.41) is 13.5. The van der Waals surface area contributed by atoms with Crippen molar-refractivity contribution in [2.24, 2.45) is 0 Å². The van der Waals surface area contributed by atoms with Crippen molar-refractivity contribution < 1.29 is 13.2 Å². The summed E-state index contributed by atoms with van der Waals surface area (Å²) >= 11 is 1.42. The fourth-order valence-corrected chi connectivity index (χ4v) is 2.37. The first-order valence-corrected chi connectivity index (χ1v) is 6.62. The normalized spacial score (nSPS) is 12.8. The first-order chi connectivity index (χ1) is 9.41. The van der Waals surface area contributed by atoms with Gasteiger partial charge in [0.1, 0.15) is 0 Å². The average molecular weight is 297 g/mol. The van der Waals surface area contributed by atoms with E-state index in [0.717, 1.165) is 11.8 Å². The lowest BCUT2D eigenvalue weighted by atomic mass is 10.1. The van der Waals surface area contributed by atoms with Crippen LogP contribution in [0.25, 0.3) is 0 Å². The Kier molecular flexibility index (Phi) is 3.95. The van der Waals surface area contributed by atoms with Crippen molar-refractivity contribution in [3.8, 4) is 6.07 Å². The van der Waals surface area contributed by atoms with Gasteiger partial charge in [0, 0.05) is 11.1 Å². The van der Waals surface area contributed by atoms with Crippen LogP contribution in [0, 0.1) is 11.3 Å². The van der Waals surface area contributed by atoms with Crippen LogP contribution in [-0.4, -0.2) is 4.98 Å². The fourth-order valence-electron chi connectivity index (χ4n) is 1.73. The van der Waals surface area contributed by atoms with E-state index in [2.05, 4.69) is 10.3 Å². The minimum atomic E-state index is -4.55. The van der Waals surface area contributed by atoms with E-state index < -0.39 is 11.7 Å². The van der Waals surface area contributed by atoms with Crippen molar-refractivity contribution in [3.05, 3.63) is 45.9 Å². The Morgan fingerprint density at radius 2 is 2.15 bits per heavy atom. The van der Waals surface area contributed by atoms with Crippen LogP contribution in [0.2, 0.25) is 0 Å². The topological polar surface area (TPSA) is 48.7 Å². The van der Waals surface area contributed by atoms with E-state index in [-0.39, 0.29) is 11.6 Å². The standard InChI is InChI=1S/C13H10F3N3S/c1-8(12-6-20-7-18-12)19-10-3-2-9(5-17)11(4-10)13(14,15)16/h2-4,6-8,19H,1H3. The molecule has 0 aliphatic carbocycles. The lowest BCUT2D eigenvalue weighted by Gasteiger charge is -2.15. The van der Waals surface area contributed by atoms with E-state index in [4.69, 9.17) is 5.26 Å². The maximum absolute atomic E-state index is 12.8.